The molecule has 0 radical (unpaired) electrons. The first-order valence-electron chi connectivity index (χ1n) is 8.80. The minimum absolute atomic E-state index is 0.240. The van der Waals surface area contributed by atoms with E-state index in [-0.39, 0.29) is 18.1 Å². The second kappa shape index (κ2) is 9.32. The Labute approximate surface area is 167 Å². The Bertz CT molecular complexity index is 1030. The molecule has 6 heteroatoms. The topological polar surface area (TPSA) is 75.6 Å². The highest BCUT2D eigenvalue weighted by atomic mass is 19.1. The summed E-state index contributed by atoms with van der Waals surface area (Å²) in [5, 5.41) is 11.8. The maximum atomic E-state index is 13.0. The number of ether oxygens (including phenoxy) is 1. The molecule has 0 aromatic heterocycles. The van der Waals surface area contributed by atoms with E-state index in [2.05, 4.69) is 5.32 Å². The lowest BCUT2D eigenvalue weighted by Crippen LogP contribution is -2.27. The average molecular weight is 391 g/mol. The number of rotatable bonds is 7. The van der Waals surface area contributed by atoms with E-state index in [4.69, 9.17) is 4.74 Å². The third-order valence-corrected chi connectivity index (χ3v) is 4.00. The molecule has 0 saturated heterocycles. The van der Waals surface area contributed by atoms with Gasteiger partial charge in [-0.2, -0.15) is 0 Å². The van der Waals surface area contributed by atoms with Crippen LogP contribution in [0.25, 0.3) is 6.08 Å². The molecule has 0 aliphatic heterocycles. The van der Waals surface area contributed by atoms with Crippen LogP contribution < -0.4 is 10.1 Å². The summed E-state index contributed by atoms with van der Waals surface area (Å²) in [7, 11) is 0. The minimum atomic E-state index is -1.26. The molecule has 0 unspecified atom stereocenters. The van der Waals surface area contributed by atoms with Gasteiger partial charge in [-0.15, -0.1) is 0 Å². The van der Waals surface area contributed by atoms with Crippen molar-refractivity contribution >= 4 is 18.0 Å². The van der Waals surface area contributed by atoms with Crippen LogP contribution in [0.1, 0.15) is 21.5 Å². The molecule has 0 aliphatic carbocycles. The standard InChI is InChI=1S/C23H18FNO4/c24-19-11-9-16(10-12-19)15-29-20-8-4-5-17(13-20)14-21(23(27)28)25-22(26)18-6-2-1-3-7-18/h1-14H,15H2,(H,25,26)(H,27,28)/b21-14+. The number of amides is 1. The highest BCUT2D eigenvalue weighted by Gasteiger charge is 2.13. The van der Waals surface area contributed by atoms with Gasteiger partial charge >= 0.3 is 5.97 Å². The van der Waals surface area contributed by atoms with Crippen molar-refractivity contribution in [1.82, 2.24) is 5.32 Å². The van der Waals surface area contributed by atoms with E-state index in [0.717, 1.165) is 5.56 Å². The van der Waals surface area contributed by atoms with E-state index in [0.29, 0.717) is 16.9 Å². The lowest BCUT2D eigenvalue weighted by atomic mass is 10.1. The first kappa shape index (κ1) is 19.8. The molecule has 3 rings (SSSR count). The Kier molecular flexibility index (Phi) is 6.37. The first-order valence-corrected chi connectivity index (χ1v) is 8.80. The molecule has 1 amide bonds. The number of carbonyl (C=O) groups excluding carboxylic acids is 1. The lowest BCUT2D eigenvalue weighted by molar-refractivity contribution is -0.132. The number of carboxylic acid groups (broad SMARTS) is 1. The van der Waals surface area contributed by atoms with Crippen LogP contribution in [-0.2, 0) is 11.4 Å². The lowest BCUT2D eigenvalue weighted by Gasteiger charge is -2.09. The number of halogens is 1. The number of hydrogen-bond acceptors (Lipinski definition) is 3. The van der Waals surface area contributed by atoms with Crippen molar-refractivity contribution in [2.75, 3.05) is 0 Å². The van der Waals surface area contributed by atoms with E-state index >= 15 is 0 Å². The summed E-state index contributed by atoms with van der Waals surface area (Å²) in [4.78, 5) is 23.8. The molecule has 2 N–H and O–H groups in total. The molecular weight excluding hydrogens is 373 g/mol. The molecule has 0 aliphatic rings. The Morgan fingerprint density at radius 3 is 2.38 bits per heavy atom. The minimum Gasteiger partial charge on any atom is -0.489 e. The fourth-order valence-corrected chi connectivity index (χ4v) is 2.54. The molecule has 0 heterocycles. The van der Waals surface area contributed by atoms with Gasteiger partial charge in [-0.05, 0) is 53.6 Å². The maximum Gasteiger partial charge on any atom is 0.352 e. The molecule has 3 aromatic rings. The molecule has 0 atom stereocenters. The van der Waals surface area contributed by atoms with Gasteiger partial charge < -0.3 is 15.2 Å². The van der Waals surface area contributed by atoms with Crippen LogP contribution in [0.4, 0.5) is 4.39 Å². The monoisotopic (exact) mass is 391 g/mol. The summed E-state index contributed by atoms with van der Waals surface area (Å²) in [6.07, 6.45) is 1.36. The second-order valence-electron chi connectivity index (χ2n) is 6.17. The van der Waals surface area contributed by atoms with Crippen molar-refractivity contribution in [3.63, 3.8) is 0 Å². The van der Waals surface area contributed by atoms with Crippen molar-refractivity contribution < 1.29 is 23.8 Å². The van der Waals surface area contributed by atoms with Crippen molar-refractivity contribution in [2.45, 2.75) is 6.61 Å². The van der Waals surface area contributed by atoms with Gasteiger partial charge in [-0.25, -0.2) is 9.18 Å². The van der Waals surface area contributed by atoms with Crippen LogP contribution in [0.3, 0.4) is 0 Å². The predicted octanol–water partition coefficient (Wildman–Crippen LogP) is 4.26. The smallest absolute Gasteiger partial charge is 0.352 e. The number of carbonyl (C=O) groups is 2. The summed E-state index contributed by atoms with van der Waals surface area (Å²) in [5.74, 6) is -1.57. The van der Waals surface area contributed by atoms with Crippen molar-refractivity contribution in [3.05, 3.63) is 107 Å². The normalized spacial score (nSPS) is 11.0. The maximum absolute atomic E-state index is 13.0. The van der Waals surface area contributed by atoms with Gasteiger partial charge in [0.1, 0.15) is 23.9 Å². The van der Waals surface area contributed by atoms with E-state index in [1.54, 1.807) is 66.7 Å². The summed E-state index contributed by atoms with van der Waals surface area (Å²) in [6.45, 7) is 0.240. The van der Waals surface area contributed by atoms with Crippen molar-refractivity contribution in [1.29, 1.82) is 0 Å². The van der Waals surface area contributed by atoms with Crippen molar-refractivity contribution in [3.8, 4) is 5.75 Å². The van der Waals surface area contributed by atoms with Crippen LogP contribution in [-0.4, -0.2) is 17.0 Å². The van der Waals surface area contributed by atoms with Crippen LogP contribution >= 0.6 is 0 Å². The summed E-state index contributed by atoms with van der Waals surface area (Å²) in [6, 6.07) is 21.1. The molecule has 0 saturated carbocycles. The Morgan fingerprint density at radius 1 is 0.966 bits per heavy atom. The van der Waals surface area contributed by atoms with Crippen LogP contribution in [0, 0.1) is 5.82 Å². The number of aliphatic carboxylic acids is 1. The highest BCUT2D eigenvalue weighted by Crippen LogP contribution is 2.17. The van der Waals surface area contributed by atoms with Gasteiger partial charge in [0.25, 0.3) is 5.91 Å². The average Bonchev–Trinajstić information content (AvgIpc) is 2.73. The molecule has 5 nitrogen and oxygen atoms in total. The third-order valence-electron chi connectivity index (χ3n) is 4.00. The van der Waals surface area contributed by atoms with Gasteiger partial charge in [0, 0.05) is 5.56 Å². The zero-order chi connectivity index (χ0) is 20.6. The van der Waals surface area contributed by atoms with E-state index in [9.17, 15) is 19.1 Å². The van der Waals surface area contributed by atoms with E-state index < -0.39 is 11.9 Å². The summed E-state index contributed by atoms with van der Waals surface area (Å²) in [5.41, 5.74) is 1.45. The second-order valence-corrected chi connectivity index (χ2v) is 6.17. The van der Waals surface area contributed by atoms with Gasteiger partial charge in [0.15, 0.2) is 0 Å². The zero-order valence-corrected chi connectivity index (χ0v) is 15.3. The van der Waals surface area contributed by atoms with Crippen molar-refractivity contribution in [2.24, 2.45) is 0 Å². The summed E-state index contributed by atoms with van der Waals surface area (Å²) < 4.78 is 18.6. The van der Waals surface area contributed by atoms with Gasteiger partial charge in [-0.1, -0.05) is 42.5 Å². The molecule has 0 spiro atoms. The molecule has 3 aromatic carbocycles. The number of nitrogens with one attached hydrogen (secondary N) is 1. The van der Waals surface area contributed by atoms with Crippen LogP contribution in [0.15, 0.2) is 84.6 Å². The predicted molar refractivity (Wildman–Crippen MR) is 107 cm³/mol. The van der Waals surface area contributed by atoms with Gasteiger partial charge in [0.05, 0.1) is 0 Å². The highest BCUT2D eigenvalue weighted by molar-refractivity contribution is 6.02. The molecule has 0 bridgehead atoms. The molecule has 0 fully saturated rings. The Balaban J connectivity index is 1.72. The van der Waals surface area contributed by atoms with E-state index in [1.165, 1.54) is 18.2 Å². The SMILES string of the molecule is O=C(O)/C(=C\c1cccc(OCc2ccc(F)cc2)c1)NC(=O)c1ccccc1. The summed E-state index contributed by atoms with van der Waals surface area (Å²) >= 11 is 0. The molecular formula is C23H18FNO4. The quantitative estimate of drug-likeness (QED) is 0.590. The molecule has 146 valence electrons. The van der Waals surface area contributed by atoms with Crippen LogP contribution in [0.2, 0.25) is 0 Å². The number of hydrogen-bond donors (Lipinski definition) is 2. The van der Waals surface area contributed by atoms with Gasteiger partial charge in [-0.3, -0.25) is 4.79 Å². The fraction of sp³-hybridized carbons (Fsp3) is 0.0435. The largest absolute Gasteiger partial charge is 0.489 e. The van der Waals surface area contributed by atoms with E-state index in [1.807, 2.05) is 0 Å². The Morgan fingerprint density at radius 2 is 1.69 bits per heavy atom. The zero-order valence-electron chi connectivity index (χ0n) is 15.3. The van der Waals surface area contributed by atoms with Gasteiger partial charge in [0.2, 0.25) is 0 Å². The molecule has 29 heavy (non-hydrogen) atoms. The third kappa shape index (κ3) is 5.77. The number of benzene rings is 3. The number of carboxylic acids is 1. The first-order chi connectivity index (χ1) is 14.0. The van der Waals surface area contributed by atoms with Crippen LogP contribution in [0.5, 0.6) is 5.75 Å². The Hall–Kier alpha value is -3.93. The fourth-order valence-electron chi connectivity index (χ4n) is 2.54.